The predicted molar refractivity (Wildman–Crippen MR) is 128 cm³/mol. The number of nitrogens with one attached hydrogen (secondary N) is 1. The topological polar surface area (TPSA) is 59.8 Å². The van der Waals surface area contributed by atoms with Crippen LogP contribution in [0.15, 0.2) is 59.8 Å². The molecule has 0 aliphatic heterocycles. The van der Waals surface area contributed by atoms with E-state index in [-0.39, 0.29) is 5.91 Å². The highest BCUT2D eigenvalue weighted by Gasteiger charge is 2.14. The van der Waals surface area contributed by atoms with E-state index in [0.29, 0.717) is 6.42 Å². The van der Waals surface area contributed by atoms with Gasteiger partial charge in [0, 0.05) is 30.8 Å². The smallest absolute Gasteiger partial charge is 0.219 e. The summed E-state index contributed by atoms with van der Waals surface area (Å²) < 4.78 is 2.15. The van der Waals surface area contributed by atoms with Crippen molar-refractivity contribution >= 4 is 17.7 Å². The van der Waals surface area contributed by atoms with Gasteiger partial charge in [-0.15, -0.1) is 10.2 Å². The lowest BCUT2D eigenvalue weighted by molar-refractivity contribution is -0.121. The molecule has 0 fully saturated rings. The van der Waals surface area contributed by atoms with Crippen LogP contribution >= 0.6 is 11.8 Å². The maximum absolute atomic E-state index is 11.9. The summed E-state index contributed by atoms with van der Waals surface area (Å²) in [4.78, 5) is 11.9. The van der Waals surface area contributed by atoms with Gasteiger partial charge in [0.2, 0.25) is 5.91 Å². The molecule has 1 aromatic heterocycles. The third-order valence-corrected chi connectivity index (χ3v) is 6.07. The summed E-state index contributed by atoms with van der Waals surface area (Å²) in [5, 5.41) is 12.9. The summed E-state index contributed by atoms with van der Waals surface area (Å²) in [7, 11) is 0. The lowest BCUT2D eigenvalue weighted by atomic mass is 10.1. The van der Waals surface area contributed by atoms with Crippen molar-refractivity contribution in [2.75, 3.05) is 6.54 Å². The Kier molecular flexibility index (Phi) is 9.16. The molecular weight excluding hydrogens is 404 g/mol. The Morgan fingerprint density at radius 1 is 1.03 bits per heavy atom. The number of thioether (sulfide) groups is 1. The molecule has 3 rings (SSSR count). The zero-order valence-corrected chi connectivity index (χ0v) is 19.3. The summed E-state index contributed by atoms with van der Waals surface area (Å²) in [5.41, 5.74) is 3.62. The summed E-state index contributed by atoms with van der Waals surface area (Å²) in [6.45, 7) is 5.02. The number of hydrogen-bond acceptors (Lipinski definition) is 4. The van der Waals surface area contributed by atoms with Crippen molar-refractivity contribution in [3.05, 3.63) is 71.5 Å². The fourth-order valence-electron chi connectivity index (χ4n) is 3.40. The second-order valence-electron chi connectivity index (χ2n) is 7.76. The highest BCUT2D eigenvalue weighted by molar-refractivity contribution is 7.98. The molecule has 0 atom stereocenters. The standard InChI is InChI=1S/C25H32N4OS/c1-3-4-17-26-24(30)16-9-8-15-23-27-28-25(29(23)22-13-6-5-7-14-22)31-19-21-12-10-11-20(2)18-21/h5-7,10-14,18H,3-4,8-9,15-17,19H2,1-2H3,(H,26,30). The minimum Gasteiger partial charge on any atom is -0.356 e. The average Bonchev–Trinajstić information content (AvgIpc) is 3.19. The van der Waals surface area contributed by atoms with E-state index < -0.39 is 0 Å². The third-order valence-electron chi connectivity index (χ3n) is 5.07. The molecule has 1 N–H and O–H groups in total. The quantitative estimate of drug-likeness (QED) is 0.301. The van der Waals surface area contributed by atoms with E-state index in [1.165, 1.54) is 11.1 Å². The molecule has 0 spiro atoms. The molecule has 0 aliphatic carbocycles. The van der Waals surface area contributed by atoms with Crippen LogP contribution < -0.4 is 5.32 Å². The summed E-state index contributed by atoms with van der Waals surface area (Å²) in [6.07, 6.45) is 5.27. The van der Waals surface area contributed by atoms with Crippen molar-refractivity contribution in [1.82, 2.24) is 20.1 Å². The molecule has 6 heteroatoms. The first-order valence-electron chi connectivity index (χ1n) is 11.1. The van der Waals surface area contributed by atoms with E-state index in [0.717, 1.165) is 61.1 Å². The van der Waals surface area contributed by atoms with E-state index in [1.54, 1.807) is 11.8 Å². The number of carbonyl (C=O) groups excluding carboxylic acids is 1. The number of unbranched alkanes of at least 4 members (excludes halogenated alkanes) is 2. The summed E-state index contributed by atoms with van der Waals surface area (Å²) in [5.74, 6) is 1.95. The Morgan fingerprint density at radius 3 is 2.65 bits per heavy atom. The first kappa shape index (κ1) is 23.1. The lowest BCUT2D eigenvalue weighted by Gasteiger charge is -2.10. The Labute approximate surface area is 189 Å². The first-order valence-corrected chi connectivity index (χ1v) is 12.1. The van der Waals surface area contributed by atoms with Gasteiger partial charge in [0.05, 0.1) is 0 Å². The van der Waals surface area contributed by atoms with Gasteiger partial charge in [0.1, 0.15) is 5.82 Å². The number of rotatable bonds is 12. The first-order chi connectivity index (χ1) is 15.2. The van der Waals surface area contributed by atoms with E-state index in [4.69, 9.17) is 0 Å². The molecule has 0 unspecified atom stereocenters. The molecule has 0 radical (unpaired) electrons. The molecule has 0 aliphatic rings. The van der Waals surface area contributed by atoms with Crippen LogP contribution in [0.1, 0.15) is 56.0 Å². The molecule has 3 aromatic rings. The van der Waals surface area contributed by atoms with E-state index in [1.807, 2.05) is 18.2 Å². The summed E-state index contributed by atoms with van der Waals surface area (Å²) >= 11 is 1.71. The van der Waals surface area contributed by atoms with Gasteiger partial charge in [0.15, 0.2) is 5.16 Å². The molecule has 0 saturated carbocycles. The van der Waals surface area contributed by atoms with Gasteiger partial charge in [-0.3, -0.25) is 9.36 Å². The Balaban J connectivity index is 1.63. The van der Waals surface area contributed by atoms with E-state index in [2.05, 4.69) is 70.3 Å². The van der Waals surface area contributed by atoms with E-state index in [9.17, 15) is 4.79 Å². The zero-order chi connectivity index (χ0) is 21.9. The Morgan fingerprint density at radius 2 is 1.87 bits per heavy atom. The van der Waals surface area contributed by atoms with Crippen LogP contribution in [0.3, 0.4) is 0 Å². The number of benzene rings is 2. The highest BCUT2D eigenvalue weighted by Crippen LogP contribution is 2.26. The van der Waals surface area contributed by atoms with Gasteiger partial charge in [0.25, 0.3) is 0 Å². The van der Waals surface area contributed by atoms with Crippen molar-refractivity contribution in [2.24, 2.45) is 0 Å². The minimum absolute atomic E-state index is 0.146. The van der Waals surface area contributed by atoms with Crippen LogP contribution in [0.5, 0.6) is 0 Å². The molecule has 1 heterocycles. The number of amides is 1. The Hall–Kier alpha value is -2.60. The highest BCUT2D eigenvalue weighted by atomic mass is 32.2. The number of aromatic nitrogens is 3. The van der Waals surface area contributed by atoms with Crippen LogP contribution in [0.25, 0.3) is 5.69 Å². The second-order valence-corrected chi connectivity index (χ2v) is 8.70. The van der Waals surface area contributed by atoms with Crippen molar-refractivity contribution < 1.29 is 4.79 Å². The number of aryl methyl sites for hydroxylation is 2. The van der Waals surface area contributed by atoms with Crippen LogP contribution in [0.4, 0.5) is 0 Å². The predicted octanol–water partition coefficient (Wildman–Crippen LogP) is 5.50. The maximum atomic E-state index is 11.9. The van der Waals surface area contributed by atoms with Crippen molar-refractivity contribution in [2.45, 2.75) is 63.3 Å². The lowest BCUT2D eigenvalue weighted by Crippen LogP contribution is -2.23. The average molecular weight is 437 g/mol. The zero-order valence-electron chi connectivity index (χ0n) is 18.5. The Bertz CT molecular complexity index is 955. The molecule has 5 nitrogen and oxygen atoms in total. The van der Waals surface area contributed by atoms with Gasteiger partial charge in [-0.05, 0) is 43.9 Å². The van der Waals surface area contributed by atoms with Crippen molar-refractivity contribution in [3.63, 3.8) is 0 Å². The molecule has 31 heavy (non-hydrogen) atoms. The van der Waals surface area contributed by atoms with Crippen molar-refractivity contribution in [3.8, 4) is 5.69 Å². The molecule has 0 bridgehead atoms. The van der Waals surface area contributed by atoms with Gasteiger partial charge >= 0.3 is 0 Å². The van der Waals surface area contributed by atoms with Gasteiger partial charge in [-0.1, -0.05) is 73.1 Å². The van der Waals surface area contributed by atoms with Gasteiger partial charge in [-0.25, -0.2) is 0 Å². The molecule has 0 saturated heterocycles. The number of carbonyl (C=O) groups is 1. The van der Waals surface area contributed by atoms with Crippen LogP contribution in [-0.4, -0.2) is 27.2 Å². The molecule has 164 valence electrons. The fraction of sp³-hybridized carbons (Fsp3) is 0.400. The second kappa shape index (κ2) is 12.3. The van der Waals surface area contributed by atoms with Gasteiger partial charge < -0.3 is 5.32 Å². The molecule has 1 amide bonds. The SMILES string of the molecule is CCCCNC(=O)CCCCc1nnc(SCc2cccc(C)c2)n1-c1ccccc1. The van der Waals surface area contributed by atoms with Crippen LogP contribution in [-0.2, 0) is 17.0 Å². The van der Waals surface area contributed by atoms with Crippen LogP contribution in [0, 0.1) is 6.92 Å². The third kappa shape index (κ3) is 7.24. The normalized spacial score (nSPS) is 10.9. The number of nitrogens with zero attached hydrogens (tertiary/aromatic N) is 3. The van der Waals surface area contributed by atoms with Gasteiger partial charge in [-0.2, -0.15) is 0 Å². The fourth-order valence-corrected chi connectivity index (χ4v) is 4.32. The van der Waals surface area contributed by atoms with E-state index >= 15 is 0 Å². The summed E-state index contributed by atoms with van der Waals surface area (Å²) in [6, 6.07) is 18.8. The number of para-hydroxylation sites is 1. The monoisotopic (exact) mass is 436 g/mol. The van der Waals surface area contributed by atoms with Crippen molar-refractivity contribution in [1.29, 1.82) is 0 Å². The maximum Gasteiger partial charge on any atom is 0.219 e. The van der Waals surface area contributed by atoms with Crippen LogP contribution in [0.2, 0.25) is 0 Å². The molecular formula is C25H32N4OS. The molecule has 2 aromatic carbocycles. The minimum atomic E-state index is 0.146. The largest absolute Gasteiger partial charge is 0.356 e. The number of hydrogen-bond donors (Lipinski definition) is 1.